The number of hydrogen-bond donors (Lipinski definition) is 2. The molecule has 1 aromatic carbocycles. The Balaban J connectivity index is 0.00000176. The monoisotopic (exact) mass is 320 g/mol. The van der Waals surface area contributed by atoms with Crippen LogP contribution in [-0.4, -0.2) is 28.8 Å². The molecule has 5 nitrogen and oxygen atoms in total. The maximum atomic E-state index is 12.0. The van der Waals surface area contributed by atoms with Crippen LogP contribution in [0.15, 0.2) is 42.7 Å². The fraction of sp³-hybridized carbons (Fsp3) is 0.375. The van der Waals surface area contributed by atoms with Gasteiger partial charge in [0.25, 0.3) is 0 Å². The molecule has 0 bridgehead atoms. The first-order valence-corrected chi connectivity index (χ1v) is 7.38. The lowest BCUT2D eigenvalue weighted by molar-refractivity contribution is -0.122. The standard InChI is InChI=1S/C16H20N4O.ClH/c21-16(10-13-6-8-17-11-13)18-12-14-4-1-2-5-15(14)20-9-3-7-19-20;/h1-5,7,9,13,17H,6,8,10-12H2,(H,18,21);1H. The van der Waals surface area contributed by atoms with Crippen molar-refractivity contribution in [3.63, 3.8) is 0 Å². The number of benzene rings is 1. The molecule has 1 aliphatic heterocycles. The van der Waals surface area contributed by atoms with E-state index in [2.05, 4.69) is 15.7 Å². The van der Waals surface area contributed by atoms with Crippen LogP contribution in [0.3, 0.4) is 0 Å². The van der Waals surface area contributed by atoms with Gasteiger partial charge in [-0.25, -0.2) is 4.68 Å². The van der Waals surface area contributed by atoms with Crippen molar-refractivity contribution in [3.05, 3.63) is 48.3 Å². The van der Waals surface area contributed by atoms with Crippen molar-refractivity contribution < 1.29 is 4.79 Å². The van der Waals surface area contributed by atoms with Crippen molar-refractivity contribution in [1.29, 1.82) is 0 Å². The van der Waals surface area contributed by atoms with Crippen LogP contribution in [0.4, 0.5) is 0 Å². The summed E-state index contributed by atoms with van der Waals surface area (Å²) in [6.45, 7) is 2.52. The van der Waals surface area contributed by atoms with E-state index in [0.29, 0.717) is 18.9 Å². The highest BCUT2D eigenvalue weighted by Crippen LogP contribution is 2.14. The number of para-hydroxylation sites is 1. The predicted octanol–water partition coefficient (Wildman–Crippen LogP) is 1.91. The van der Waals surface area contributed by atoms with E-state index in [1.54, 1.807) is 6.20 Å². The number of nitrogens with zero attached hydrogens (tertiary/aromatic N) is 2. The third kappa shape index (κ3) is 4.08. The minimum Gasteiger partial charge on any atom is -0.352 e. The highest BCUT2D eigenvalue weighted by Gasteiger charge is 2.18. The molecule has 2 aromatic rings. The van der Waals surface area contributed by atoms with Crippen LogP contribution in [0.2, 0.25) is 0 Å². The molecule has 0 spiro atoms. The Hall–Kier alpha value is -1.85. The minimum absolute atomic E-state index is 0. The minimum atomic E-state index is 0. The van der Waals surface area contributed by atoms with E-state index in [4.69, 9.17) is 0 Å². The van der Waals surface area contributed by atoms with Gasteiger partial charge in [-0.1, -0.05) is 18.2 Å². The van der Waals surface area contributed by atoms with E-state index in [1.165, 1.54) is 0 Å². The number of nitrogens with one attached hydrogen (secondary N) is 2. The molecule has 118 valence electrons. The van der Waals surface area contributed by atoms with Crippen molar-refractivity contribution in [2.45, 2.75) is 19.4 Å². The van der Waals surface area contributed by atoms with Gasteiger partial charge < -0.3 is 10.6 Å². The summed E-state index contributed by atoms with van der Waals surface area (Å²) in [5.41, 5.74) is 2.07. The molecule has 2 heterocycles. The van der Waals surface area contributed by atoms with Gasteiger partial charge in [-0.15, -0.1) is 12.4 Å². The number of aromatic nitrogens is 2. The number of halogens is 1. The Morgan fingerprint density at radius 3 is 2.95 bits per heavy atom. The third-order valence-corrected chi connectivity index (χ3v) is 3.86. The van der Waals surface area contributed by atoms with Crippen molar-refractivity contribution in [2.75, 3.05) is 13.1 Å². The molecule has 3 rings (SSSR count). The van der Waals surface area contributed by atoms with Gasteiger partial charge in [-0.05, 0) is 43.1 Å². The number of amides is 1. The first-order chi connectivity index (χ1) is 10.3. The zero-order valence-electron chi connectivity index (χ0n) is 12.4. The van der Waals surface area contributed by atoms with Gasteiger partial charge in [0.15, 0.2) is 0 Å². The molecule has 0 saturated carbocycles. The summed E-state index contributed by atoms with van der Waals surface area (Å²) in [6.07, 6.45) is 5.36. The normalized spacial score (nSPS) is 17.0. The van der Waals surface area contributed by atoms with E-state index < -0.39 is 0 Å². The van der Waals surface area contributed by atoms with Crippen LogP contribution in [-0.2, 0) is 11.3 Å². The molecule has 1 fully saturated rings. The van der Waals surface area contributed by atoms with Crippen LogP contribution in [0, 0.1) is 5.92 Å². The fourth-order valence-electron chi connectivity index (χ4n) is 2.71. The predicted molar refractivity (Wildman–Crippen MR) is 88.3 cm³/mol. The summed E-state index contributed by atoms with van der Waals surface area (Å²) in [4.78, 5) is 12.0. The summed E-state index contributed by atoms with van der Waals surface area (Å²) >= 11 is 0. The molecule has 2 N–H and O–H groups in total. The molecule has 1 aromatic heterocycles. The van der Waals surface area contributed by atoms with Gasteiger partial charge in [-0.2, -0.15) is 5.10 Å². The molecule has 1 unspecified atom stereocenters. The highest BCUT2D eigenvalue weighted by atomic mass is 35.5. The molecule has 22 heavy (non-hydrogen) atoms. The van der Waals surface area contributed by atoms with Gasteiger partial charge in [-0.3, -0.25) is 4.79 Å². The first-order valence-electron chi connectivity index (χ1n) is 7.38. The molecule has 1 aliphatic rings. The van der Waals surface area contributed by atoms with E-state index in [-0.39, 0.29) is 18.3 Å². The Labute approximate surface area is 136 Å². The molecule has 1 saturated heterocycles. The van der Waals surface area contributed by atoms with Gasteiger partial charge in [0.2, 0.25) is 5.91 Å². The molecule has 6 heteroatoms. The molecular formula is C16H21ClN4O. The van der Waals surface area contributed by atoms with Crippen molar-refractivity contribution in [1.82, 2.24) is 20.4 Å². The van der Waals surface area contributed by atoms with Crippen LogP contribution in [0.25, 0.3) is 5.69 Å². The topological polar surface area (TPSA) is 59.0 Å². The largest absolute Gasteiger partial charge is 0.352 e. The third-order valence-electron chi connectivity index (χ3n) is 3.86. The second-order valence-electron chi connectivity index (χ2n) is 5.42. The molecule has 0 aliphatic carbocycles. The Bertz CT molecular complexity index is 594. The van der Waals surface area contributed by atoms with Crippen LogP contribution in [0.5, 0.6) is 0 Å². The van der Waals surface area contributed by atoms with Crippen LogP contribution >= 0.6 is 12.4 Å². The number of hydrogen-bond acceptors (Lipinski definition) is 3. The number of carbonyl (C=O) groups excluding carboxylic acids is 1. The number of carbonyl (C=O) groups is 1. The van der Waals surface area contributed by atoms with E-state index >= 15 is 0 Å². The SMILES string of the molecule is Cl.O=C(CC1CCNC1)NCc1ccccc1-n1cccn1. The lowest BCUT2D eigenvalue weighted by Gasteiger charge is -2.12. The van der Waals surface area contributed by atoms with Gasteiger partial charge in [0, 0.05) is 25.4 Å². The second kappa shape index (κ2) is 7.96. The lowest BCUT2D eigenvalue weighted by atomic mass is 10.0. The average molecular weight is 321 g/mol. The number of rotatable bonds is 5. The highest BCUT2D eigenvalue weighted by molar-refractivity contribution is 5.85. The Morgan fingerprint density at radius 1 is 1.36 bits per heavy atom. The lowest BCUT2D eigenvalue weighted by Crippen LogP contribution is -2.26. The van der Waals surface area contributed by atoms with E-state index in [1.807, 2.05) is 41.2 Å². The quantitative estimate of drug-likeness (QED) is 0.884. The zero-order chi connectivity index (χ0) is 14.5. The second-order valence-corrected chi connectivity index (χ2v) is 5.42. The smallest absolute Gasteiger partial charge is 0.220 e. The molecular weight excluding hydrogens is 300 g/mol. The van der Waals surface area contributed by atoms with Crippen molar-refractivity contribution >= 4 is 18.3 Å². The van der Waals surface area contributed by atoms with E-state index in [9.17, 15) is 4.79 Å². The van der Waals surface area contributed by atoms with Crippen LogP contribution in [0.1, 0.15) is 18.4 Å². The maximum absolute atomic E-state index is 12.0. The summed E-state index contributed by atoms with van der Waals surface area (Å²) in [7, 11) is 0. The van der Waals surface area contributed by atoms with Gasteiger partial charge in [0.1, 0.15) is 0 Å². The summed E-state index contributed by atoms with van der Waals surface area (Å²) in [5, 5.41) is 10.6. The van der Waals surface area contributed by atoms with Gasteiger partial charge >= 0.3 is 0 Å². The average Bonchev–Trinajstić information content (AvgIpc) is 3.18. The molecule has 1 atom stereocenters. The summed E-state index contributed by atoms with van der Waals surface area (Å²) in [6, 6.07) is 9.88. The Kier molecular flexibility index (Phi) is 5.98. The van der Waals surface area contributed by atoms with E-state index in [0.717, 1.165) is 30.8 Å². The maximum Gasteiger partial charge on any atom is 0.220 e. The van der Waals surface area contributed by atoms with Gasteiger partial charge in [0.05, 0.1) is 5.69 Å². The fourth-order valence-corrected chi connectivity index (χ4v) is 2.71. The first kappa shape index (κ1) is 16.5. The van der Waals surface area contributed by atoms with Crippen molar-refractivity contribution in [2.24, 2.45) is 5.92 Å². The van der Waals surface area contributed by atoms with Crippen LogP contribution < -0.4 is 10.6 Å². The molecule has 1 amide bonds. The summed E-state index contributed by atoms with van der Waals surface area (Å²) < 4.78 is 1.82. The van der Waals surface area contributed by atoms with Crippen molar-refractivity contribution in [3.8, 4) is 5.69 Å². The Morgan fingerprint density at radius 2 is 2.23 bits per heavy atom. The summed E-state index contributed by atoms with van der Waals surface area (Å²) in [5.74, 6) is 0.602. The zero-order valence-corrected chi connectivity index (χ0v) is 13.2. The molecule has 0 radical (unpaired) electrons.